The van der Waals surface area contributed by atoms with Gasteiger partial charge in [-0.05, 0) is 30.2 Å². The Balaban J connectivity index is 1.75. The minimum Gasteiger partial charge on any atom is -0.361 e. The Labute approximate surface area is 153 Å². The third-order valence-electron chi connectivity index (χ3n) is 4.02. The van der Waals surface area contributed by atoms with E-state index in [9.17, 15) is 9.18 Å². The van der Waals surface area contributed by atoms with Crippen molar-refractivity contribution < 1.29 is 9.18 Å². The third-order valence-corrected chi connectivity index (χ3v) is 4.02. The summed E-state index contributed by atoms with van der Waals surface area (Å²) in [6, 6.07) is 4.74. The Morgan fingerprint density at radius 2 is 1.85 bits per heavy atom. The van der Waals surface area contributed by atoms with Crippen molar-refractivity contribution in [3.8, 4) is 0 Å². The summed E-state index contributed by atoms with van der Waals surface area (Å²) in [5.74, 6) is 0.455. The first-order valence-electron chi connectivity index (χ1n) is 8.79. The summed E-state index contributed by atoms with van der Waals surface area (Å²) in [6.07, 6.45) is 2.65. The van der Waals surface area contributed by atoms with Gasteiger partial charge in [-0.2, -0.15) is 0 Å². The van der Waals surface area contributed by atoms with Crippen LogP contribution in [0.15, 0.2) is 29.4 Å². The average molecular weight is 361 g/mol. The number of halogens is 1. The largest absolute Gasteiger partial charge is 0.361 e. The number of carbonyl (C=O) groups is 1. The topological polar surface area (TPSA) is 81.3 Å². The molecule has 26 heavy (non-hydrogen) atoms. The van der Waals surface area contributed by atoms with E-state index in [2.05, 4.69) is 25.9 Å². The summed E-state index contributed by atoms with van der Waals surface area (Å²) in [4.78, 5) is 19.1. The molecule has 0 aliphatic heterocycles. The molecule has 4 N–H and O–H groups in total. The molecule has 0 fully saturated rings. The molecule has 6 nitrogen and oxygen atoms in total. The molecule has 2 rings (SSSR count). The maximum atomic E-state index is 13.4. The number of hydrogen-bond donors (Lipinski definition) is 4. The van der Waals surface area contributed by atoms with E-state index in [0.717, 1.165) is 22.9 Å². The molecular formula is C19H28FN5O. The molecule has 1 aromatic carbocycles. The lowest BCUT2D eigenvalue weighted by atomic mass is 9.96. The van der Waals surface area contributed by atoms with Crippen LogP contribution < -0.4 is 16.0 Å². The van der Waals surface area contributed by atoms with E-state index in [0.29, 0.717) is 25.6 Å². The van der Waals surface area contributed by atoms with E-state index in [1.54, 1.807) is 19.2 Å². The zero-order chi connectivity index (χ0) is 19.2. The minimum atomic E-state index is -0.390. The highest BCUT2D eigenvalue weighted by molar-refractivity contribution is 5.84. The Kier molecular flexibility index (Phi) is 6.60. The van der Waals surface area contributed by atoms with Gasteiger partial charge in [-0.15, -0.1) is 0 Å². The lowest BCUT2D eigenvalue weighted by Crippen LogP contribution is -2.43. The minimum absolute atomic E-state index is 0.0221. The fourth-order valence-corrected chi connectivity index (χ4v) is 2.52. The number of nitrogens with one attached hydrogen (secondary N) is 4. The zero-order valence-corrected chi connectivity index (χ0v) is 15.9. The highest BCUT2D eigenvalue weighted by Gasteiger charge is 2.20. The predicted octanol–water partition coefficient (Wildman–Crippen LogP) is 2.18. The Bertz CT molecular complexity index is 776. The van der Waals surface area contributed by atoms with Crippen LogP contribution in [0.3, 0.4) is 0 Å². The lowest BCUT2D eigenvalue weighted by Gasteiger charge is -2.18. The SMILES string of the molecule is CN=C(NCCNC(=O)C(C)(C)C)NCCc1c[nH]c2ccc(F)cc12. The predicted molar refractivity (Wildman–Crippen MR) is 104 cm³/mol. The van der Waals surface area contributed by atoms with E-state index in [4.69, 9.17) is 0 Å². The summed E-state index contributed by atoms with van der Waals surface area (Å²) in [7, 11) is 1.70. The average Bonchev–Trinajstić information content (AvgIpc) is 2.98. The number of amides is 1. The van der Waals surface area contributed by atoms with Crippen LogP contribution in [0, 0.1) is 11.2 Å². The number of fused-ring (bicyclic) bond motifs is 1. The number of nitrogens with zero attached hydrogens (tertiary/aromatic N) is 1. The van der Waals surface area contributed by atoms with Crippen LogP contribution in [0.25, 0.3) is 10.9 Å². The van der Waals surface area contributed by atoms with E-state index in [1.807, 2.05) is 27.0 Å². The highest BCUT2D eigenvalue weighted by Crippen LogP contribution is 2.19. The van der Waals surface area contributed by atoms with Crippen molar-refractivity contribution in [3.05, 3.63) is 35.8 Å². The lowest BCUT2D eigenvalue weighted by molar-refractivity contribution is -0.128. The van der Waals surface area contributed by atoms with E-state index < -0.39 is 5.41 Å². The quantitative estimate of drug-likeness (QED) is 0.362. The molecule has 0 atom stereocenters. The molecule has 0 unspecified atom stereocenters. The van der Waals surface area contributed by atoms with Gasteiger partial charge >= 0.3 is 0 Å². The molecular weight excluding hydrogens is 333 g/mol. The first kappa shape index (κ1) is 19.8. The summed E-state index contributed by atoms with van der Waals surface area (Å²) >= 11 is 0. The Morgan fingerprint density at radius 3 is 2.54 bits per heavy atom. The number of aromatic amines is 1. The first-order chi connectivity index (χ1) is 12.3. The monoisotopic (exact) mass is 361 g/mol. The second-order valence-electron chi connectivity index (χ2n) is 7.19. The standard InChI is InChI=1S/C19H28FN5O/c1-19(2,3)17(26)22-9-10-24-18(21-4)23-8-7-13-12-25-16-6-5-14(20)11-15(13)16/h5-6,11-12,25H,7-10H2,1-4H3,(H,22,26)(H2,21,23,24). The molecule has 1 aromatic heterocycles. The number of guanidine groups is 1. The second kappa shape index (κ2) is 8.69. The number of benzene rings is 1. The molecule has 0 saturated heterocycles. The first-order valence-corrected chi connectivity index (χ1v) is 8.79. The van der Waals surface area contributed by atoms with Crippen LogP contribution in [0.4, 0.5) is 4.39 Å². The van der Waals surface area contributed by atoms with Gasteiger partial charge in [0.25, 0.3) is 0 Å². The second-order valence-corrected chi connectivity index (χ2v) is 7.19. The smallest absolute Gasteiger partial charge is 0.225 e. The van der Waals surface area contributed by atoms with E-state index >= 15 is 0 Å². The van der Waals surface area contributed by atoms with Crippen molar-refractivity contribution >= 4 is 22.8 Å². The molecule has 0 aliphatic rings. The highest BCUT2D eigenvalue weighted by atomic mass is 19.1. The molecule has 142 valence electrons. The van der Waals surface area contributed by atoms with Crippen LogP contribution in [0.2, 0.25) is 0 Å². The van der Waals surface area contributed by atoms with Crippen LogP contribution in [-0.2, 0) is 11.2 Å². The van der Waals surface area contributed by atoms with Gasteiger partial charge in [-0.1, -0.05) is 20.8 Å². The van der Waals surface area contributed by atoms with Crippen LogP contribution in [0.5, 0.6) is 0 Å². The normalized spacial score (nSPS) is 12.3. The van der Waals surface area contributed by atoms with Gasteiger partial charge in [0.05, 0.1) is 0 Å². The van der Waals surface area contributed by atoms with E-state index in [-0.39, 0.29) is 11.7 Å². The maximum absolute atomic E-state index is 13.4. The van der Waals surface area contributed by atoms with Gasteiger partial charge in [0.15, 0.2) is 5.96 Å². The number of aliphatic imine (C=N–C) groups is 1. The maximum Gasteiger partial charge on any atom is 0.225 e. The third kappa shape index (κ3) is 5.47. The van der Waals surface area contributed by atoms with Crippen LogP contribution >= 0.6 is 0 Å². The number of H-pyrrole nitrogens is 1. The molecule has 0 aliphatic carbocycles. The fourth-order valence-electron chi connectivity index (χ4n) is 2.52. The Hall–Kier alpha value is -2.57. The fraction of sp³-hybridized carbons (Fsp3) is 0.474. The van der Waals surface area contributed by atoms with Crippen molar-refractivity contribution in [2.45, 2.75) is 27.2 Å². The van der Waals surface area contributed by atoms with Gasteiger partial charge in [-0.25, -0.2) is 4.39 Å². The van der Waals surface area contributed by atoms with Crippen molar-refractivity contribution in [1.82, 2.24) is 20.9 Å². The van der Waals surface area contributed by atoms with Crippen molar-refractivity contribution in [1.29, 1.82) is 0 Å². The van der Waals surface area contributed by atoms with E-state index in [1.165, 1.54) is 6.07 Å². The molecule has 2 aromatic rings. The number of hydrogen-bond acceptors (Lipinski definition) is 2. The van der Waals surface area contributed by atoms with Crippen molar-refractivity contribution in [2.24, 2.45) is 10.4 Å². The van der Waals surface area contributed by atoms with Crippen molar-refractivity contribution in [2.75, 3.05) is 26.7 Å². The molecule has 0 saturated carbocycles. The summed E-state index contributed by atoms with van der Waals surface area (Å²) in [6.45, 7) is 7.42. The molecule has 0 radical (unpaired) electrons. The molecule has 1 amide bonds. The van der Waals surface area contributed by atoms with Gasteiger partial charge in [-0.3, -0.25) is 9.79 Å². The molecule has 0 spiro atoms. The summed E-state index contributed by atoms with van der Waals surface area (Å²) < 4.78 is 13.4. The number of aromatic nitrogens is 1. The van der Waals surface area contributed by atoms with Gasteiger partial charge < -0.3 is 20.9 Å². The van der Waals surface area contributed by atoms with Crippen LogP contribution in [0.1, 0.15) is 26.3 Å². The van der Waals surface area contributed by atoms with Gasteiger partial charge in [0.2, 0.25) is 5.91 Å². The molecule has 1 heterocycles. The Morgan fingerprint density at radius 1 is 1.15 bits per heavy atom. The summed E-state index contributed by atoms with van der Waals surface area (Å²) in [5, 5.41) is 10.2. The van der Waals surface area contributed by atoms with Crippen molar-refractivity contribution in [3.63, 3.8) is 0 Å². The van der Waals surface area contributed by atoms with Gasteiger partial charge in [0.1, 0.15) is 5.82 Å². The van der Waals surface area contributed by atoms with Crippen LogP contribution in [-0.4, -0.2) is 43.5 Å². The number of rotatable bonds is 6. The summed E-state index contributed by atoms with van der Waals surface area (Å²) in [5.41, 5.74) is 1.59. The molecule has 0 bridgehead atoms. The number of carbonyl (C=O) groups excluding carboxylic acids is 1. The van der Waals surface area contributed by atoms with Gasteiger partial charge in [0, 0.05) is 49.2 Å². The zero-order valence-electron chi connectivity index (χ0n) is 15.9. The molecule has 7 heteroatoms.